The lowest BCUT2D eigenvalue weighted by Gasteiger charge is -2.15. The predicted octanol–water partition coefficient (Wildman–Crippen LogP) is 2.78. The molecule has 3 N–H and O–H groups in total. The number of rotatable bonds is 5. The van der Waals surface area contributed by atoms with E-state index < -0.39 is 11.7 Å². The maximum Gasteiger partial charge on any atom is 0.253 e. The largest absolute Gasteiger partial charge is 0.381 e. The van der Waals surface area contributed by atoms with Gasteiger partial charge in [0.05, 0.1) is 36.2 Å². The Morgan fingerprint density at radius 3 is 2.78 bits per heavy atom. The summed E-state index contributed by atoms with van der Waals surface area (Å²) in [4.78, 5) is 21.2. The van der Waals surface area contributed by atoms with Gasteiger partial charge in [-0.2, -0.15) is 14.8 Å². The first-order valence-electron chi connectivity index (χ1n) is 10.3. The van der Waals surface area contributed by atoms with Crippen LogP contribution in [0.1, 0.15) is 27.2 Å². The SMILES string of the molecule is NC(=O)c1cc(F)cc2c1cnn2-c1nc2c(c(NCc3ccccc3)n1)CCOCC2. The van der Waals surface area contributed by atoms with E-state index in [4.69, 9.17) is 20.4 Å². The number of fused-ring (bicyclic) bond motifs is 2. The standard InChI is InChI=1S/C23H21FN6O2/c24-15-10-17(21(25)31)18-13-27-30(20(18)11-15)23-28-19-7-9-32-8-6-16(19)22(29-23)26-12-14-4-2-1-3-5-14/h1-5,10-11,13H,6-9,12H2,(H2,25,31)(H,26,28,29). The van der Waals surface area contributed by atoms with E-state index >= 15 is 0 Å². The summed E-state index contributed by atoms with van der Waals surface area (Å²) in [6.45, 7) is 1.74. The molecule has 162 valence electrons. The normalized spacial score (nSPS) is 13.5. The Hall–Kier alpha value is -3.85. The van der Waals surface area contributed by atoms with Crippen LogP contribution in [0.25, 0.3) is 16.9 Å². The molecule has 0 saturated heterocycles. The molecule has 1 aliphatic rings. The third-order valence-corrected chi connectivity index (χ3v) is 5.47. The molecule has 5 rings (SSSR count). The van der Waals surface area contributed by atoms with Gasteiger partial charge in [-0.1, -0.05) is 30.3 Å². The van der Waals surface area contributed by atoms with E-state index in [0.29, 0.717) is 49.3 Å². The highest BCUT2D eigenvalue weighted by atomic mass is 19.1. The third kappa shape index (κ3) is 3.78. The van der Waals surface area contributed by atoms with E-state index in [9.17, 15) is 9.18 Å². The van der Waals surface area contributed by atoms with Crippen molar-refractivity contribution < 1.29 is 13.9 Å². The number of nitrogens with zero attached hydrogens (tertiary/aromatic N) is 4. The van der Waals surface area contributed by atoms with Gasteiger partial charge in [-0.25, -0.2) is 9.37 Å². The monoisotopic (exact) mass is 432 g/mol. The lowest BCUT2D eigenvalue weighted by Crippen LogP contribution is -2.14. The average Bonchev–Trinajstić information content (AvgIpc) is 3.06. The average molecular weight is 432 g/mol. The van der Waals surface area contributed by atoms with Crippen LogP contribution in [0.5, 0.6) is 0 Å². The van der Waals surface area contributed by atoms with Crippen LogP contribution in [0.4, 0.5) is 10.2 Å². The van der Waals surface area contributed by atoms with Gasteiger partial charge in [-0.3, -0.25) is 4.79 Å². The molecule has 8 nitrogen and oxygen atoms in total. The van der Waals surface area contributed by atoms with Crippen LogP contribution in [-0.2, 0) is 24.1 Å². The summed E-state index contributed by atoms with van der Waals surface area (Å²) in [5.41, 5.74) is 8.84. The molecule has 0 fully saturated rings. The van der Waals surface area contributed by atoms with Gasteiger partial charge in [-0.15, -0.1) is 0 Å². The quantitative estimate of drug-likeness (QED) is 0.502. The highest BCUT2D eigenvalue weighted by molar-refractivity contribution is 6.05. The molecular weight excluding hydrogens is 411 g/mol. The van der Waals surface area contributed by atoms with Gasteiger partial charge in [-0.05, 0) is 11.6 Å². The molecule has 32 heavy (non-hydrogen) atoms. The fraction of sp³-hybridized carbons (Fsp3) is 0.217. The Balaban J connectivity index is 1.62. The first-order valence-corrected chi connectivity index (χ1v) is 10.3. The van der Waals surface area contributed by atoms with Gasteiger partial charge >= 0.3 is 0 Å². The highest BCUT2D eigenvalue weighted by Gasteiger charge is 2.21. The van der Waals surface area contributed by atoms with Crippen molar-refractivity contribution in [1.29, 1.82) is 0 Å². The molecule has 0 bridgehead atoms. The number of carbonyl (C=O) groups excluding carboxylic acids is 1. The van der Waals surface area contributed by atoms with E-state index in [1.54, 1.807) is 0 Å². The zero-order valence-electron chi connectivity index (χ0n) is 17.2. The lowest BCUT2D eigenvalue weighted by atomic mass is 10.1. The maximum absolute atomic E-state index is 14.2. The van der Waals surface area contributed by atoms with Crippen molar-refractivity contribution in [2.75, 3.05) is 18.5 Å². The summed E-state index contributed by atoms with van der Waals surface area (Å²) in [6, 6.07) is 12.4. The van der Waals surface area contributed by atoms with Gasteiger partial charge in [0.1, 0.15) is 11.6 Å². The zero-order valence-corrected chi connectivity index (χ0v) is 17.2. The van der Waals surface area contributed by atoms with Gasteiger partial charge in [0.15, 0.2) is 0 Å². The van der Waals surface area contributed by atoms with Crippen LogP contribution in [0.2, 0.25) is 0 Å². The van der Waals surface area contributed by atoms with E-state index in [-0.39, 0.29) is 11.5 Å². The number of benzene rings is 2. The first kappa shape index (κ1) is 20.1. The third-order valence-electron chi connectivity index (χ3n) is 5.47. The fourth-order valence-corrected chi connectivity index (χ4v) is 3.91. The molecule has 2 aromatic carbocycles. The van der Waals surface area contributed by atoms with Gasteiger partial charge in [0, 0.05) is 36.4 Å². The second kappa shape index (κ2) is 8.35. The van der Waals surface area contributed by atoms with Crippen LogP contribution in [-0.4, -0.2) is 38.9 Å². The number of nitrogens with one attached hydrogen (secondary N) is 1. The summed E-state index contributed by atoms with van der Waals surface area (Å²) in [5.74, 6) is -0.329. The zero-order chi connectivity index (χ0) is 22.1. The fourth-order valence-electron chi connectivity index (χ4n) is 3.91. The Labute approximate surface area is 183 Å². The number of amides is 1. The van der Waals surface area contributed by atoms with Crippen molar-refractivity contribution in [3.8, 4) is 5.95 Å². The van der Waals surface area contributed by atoms with Gasteiger partial charge < -0.3 is 15.8 Å². The van der Waals surface area contributed by atoms with Crippen molar-refractivity contribution in [2.24, 2.45) is 5.73 Å². The minimum Gasteiger partial charge on any atom is -0.381 e. The van der Waals surface area contributed by atoms with Gasteiger partial charge in [0.25, 0.3) is 5.95 Å². The molecule has 0 unspecified atom stereocenters. The number of nitrogens with two attached hydrogens (primary N) is 1. The minimum absolute atomic E-state index is 0.0665. The number of ether oxygens (including phenoxy) is 1. The molecule has 0 radical (unpaired) electrons. The van der Waals surface area contributed by atoms with Crippen molar-refractivity contribution in [1.82, 2.24) is 19.7 Å². The number of carbonyl (C=O) groups is 1. The van der Waals surface area contributed by atoms with Crippen LogP contribution in [0.15, 0.2) is 48.7 Å². The molecule has 0 saturated carbocycles. The number of anilines is 1. The summed E-state index contributed by atoms with van der Waals surface area (Å²) in [7, 11) is 0. The number of primary amides is 1. The number of aromatic nitrogens is 4. The molecule has 1 amide bonds. The maximum atomic E-state index is 14.2. The minimum atomic E-state index is -0.723. The van der Waals surface area contributed by atoms with E-state index in [1.165, 1.54) is 16.9 Å². The molecule has 1 aliphatic heterocycles. The summed E-state index contributed by atoms with van der Waals surface area (Å²) >= 11 is 0. The molecule has 4 aromatic rings. The van der Waals surface area contributed by atoms with Crippen molar-refractivity contribution in [2.45, 2.75) is 19.4 Å². The molecule has 0 atom stereocenters. The van der Waals surface area contributed by atoms with Crippen molar-refractivity contribution >= 4 is 22.6 Å². The number of hydrogen-bond donors (Lipinski definition) is 2. The molecule has 0 spiro atoms. The summed E-state index contributed by atoms with van der Waals surface area (Å²) in [6.07, 6.45) is 2.79. The Bertz CT molecular complexity index is 1310. The molecule has 3 heterocycles. The van der Waals surface area contributed by atoms with E-state index in [2.05, 4.69) is 10.4 Å². The molecule has 9 heteroatoms. The molecule has 0 aliphatic carbocycles. The van der Waals surface area contributed by atoms with Crippen LogP contribution < -0.4 is 11.1 Å². The van der Waals surface area contributed by atoms with E-state index in [0.717, 1.165) is 22.9 Å². The van der Waals surface area contributed by atoms with Crippen molar-refractivity contribution in [3.63, 3.8) is 0 Å². The van der Waals surface area contributed by atoms with Crippen LogP contribution >= 0.6 is 0 Å². The van der Waals surface area contributed by atoms with Gasteiger partial charge in [0.2, 0.25) is 5.91 Å². The predicted molar refractivity (Wildman–Crippen MR) is 117 cm³/mol. The highest BCUT2D eigenvalue weighted by Crippen LogP contribution is 2.26. The molecule has 2 aromatic heterocycles. The Morgan fingerprint density at radius 1 is 1.16 bits per heavy atom. The van der Waals surface area contributed by atoms with Crippen LogP contribution in [0.3, 0.4) is 0 Å². The molecular formula is C23H21FN6O2. The lowest BCUT2D eigenvalue weighted by molar-refractivity contribution is 0.100. The van der Waals surface area contributed by atoms with Crippen LogP contribution in [0, 0.1) is 5.82 Å². The number of halogens is 1. The second-order valence-electron chi connectivity index (χ2n) is 7.56. The smallest absolute Gasteiger partial charge is 0.253 e. The summed E-state index contributed by atoms with van der Waals surface area (Å²) in [5, 5.41) is 8.20. The van der Waals surface area contributed by atoms with Crippen molar-refractivity contribution in [3.05, 3.63) is 76.9 Å². The van der Waals surface area contributed by atoms with E-state index in [1.807, 2.05) is 30.3 Å². The second-order valence-corrected chi connectivity index (χ2v) is 7.56. The number of hydrogen-bond acceptors (Lipinski definition) is 6. The Morgan fingerprint density at radius 2 is 1.97 bits per heavy atom. The first-order chi connectivity index (χ1) is 15.6. The summed E-state index contributed by atoms with van der Waals surface area (Å²) < 4.78 is 21.3. The Kier molecular flexibility index (Phi) is 5.24. The topological polar surface area (TPSA) is 108 Å².